The van der Waals surface area contributed by atoms with Gasteiger partial charge in [-0.25, -0.2) is 0 Å². The van der Waals surface area contributed by atoms with E-state index in [-0.39, 0.29) is 11.8 Å². The number of piperazine rings is 1. The summed E-state index contributed by atoms with van der Waals surface area (Å²) in [5.41, 5.74) is 3.03. The van der Waals surface area contributed by atoms with Crippen molar-refractivity contribution in [1.29, 1.82) is 0 Å². The largest absolute Gasteiger partial charge is 0.340 e. The van der Waals surface area contributed by atoms with Crippen LogP contribution < -0.4 is 0 Å². The number of hydrogen-bond donors (Lipinski definition) is 0. The summed E-state index contributed by atoms with van der Waals surface area (Å²) in [5.74, 6) is 0.234. The van der Waals surface area contributed by atoms with Crippen LogP contribution in [0.25, 0.3) is 10.9 Å². The highest BCUT2D eigenvalue weighted by Gasteiger charge is 2.26. The first kappa shape index (κ1) is 19.2. The molecule has 0 bridgehead atoms. The minimum atomic E-state index is 0.0416. The Hall–Kier alpha value is -3.08. The van der Waals surface area contributed by atoms with Gasteiger partial charge in [-0.05, 0) is 30.5 Å². The molecule has 4 rings (SSSR count). The van der Waals surface area contributed by atoms with Crippen molar-refractivity contribution in [2.45, 2.75) is 19.3 Å². The number of rotatable bonds is 5. The van der Waals surface area contributed by atoms with Gasteiger partial charge in [-0.15, -0.1) is 0 Å². The fourth-order valence-corrected chi connectivity index (χ4v) is 4.06. The minimum Gasteiger partial charge on any atom is -0.340 e. The molecule has 29 heavy (non-hydrogen) atoms. The van der Waals surface area contributed by atoms with E-state index >= 15 is 0 Å². The van der Waals surface area contributed by atoms with Crippen molar-refractivity contribution in [3.63, 3.8) is 0 Å². The highest BCUT2D eigenvalue weighted by atomic mass is 16.2. The van der Waals surface area contributed by atoms with Gasteiger partial charge in [-0.3, -0.25) is 9.59 Å². The Balaban J connectivity index is 1.30. The summed E-state index contributed by atoms with van der Waals surface area (Å²) in [6, 6.07) is 20.2. The number of benzene rings is 2. The molecule has 0 unspecified atom stereocenters. The maximum absolute atomic E-state index is 13.0. The van der Waals surface area contributed by atoms with Crippen LogP contribution in [0, 0.1) is 0 Å². The van der Waals surface area contributed by atoms with Gasteiger partial charge in [0.1, 0.15) is 5.69 Å². The first-order valence-corrected chi connectivity index (χ1v) is 10.3. The van der Waals surface area contributed by atoms with Gasteiger partial charge >= 0.3 is 0 Å². The molecule has 5 heteroatoms. The topological polar surface area (TPSA) is 45.6 Å². The molecule has 0 radical (unpaired) electrons. The highest BCUT2D eigenvalue weighted by Crippen LogP contribution is 2.20. The predicted octanol–water partition coefficient (Wildman–Crippen LogP) is 3.49. The molecule has 2 aromatic carbocycles. The number of amides is 2. The molecule has 1 fully saturated rings. The molecule has 0 atom stereocenters. The van der Waals surface area contributed by atoms with Crippen molar-refractivity contribution >= 4 is 22.7 Å². The van der Waals surface area contributed by atoms with Crippen molar-refractivity contribution < 1.29 is 9.59 Å². The number of carbonyl (C=O) groups is 2. The molecule has 0 spiro atoms. The third kappa shape index (κ3) is 4.19. The van der Waals surface area contributed by atoms with Crippen molar-refractivity contribution in [2.24, 2.45) is 7.05 Å². The molecule has 3 aromatic rings. The average Bonchev–Trinajstić information content (AvgIpc) is 3.11. The van der Waals surface area contributed by atoms with E-state index in [4.69, 9.17) is 0 Å². The van der Waals surface area contributed by atoms with Crippen LogP contribution in [0.5, 0.6) is 0 Å². The van der Waals surface area contributed by atoms with Gasteiger partial charge in [0.2, 0.25) is 5.91 Å². The Labute approximate surface area is 171 Å². The lowest BCUT2D eigenvalue weighted by molar-refractivity contribution is -0.132. The van der Waals surface area contributed by atoms with Crippen LogP contribution in [-0.4, -0.2) is 52.4 Å². The van der Waals surface area contributed by atoms with Gasteiger partial charge in [0.25, 0.3) is 5.91 Å². The van der Waals surface area contributed by atoms with Crippen molar-refractivity contribution in [1.82, 2.24) is 14.4 Å². The van der Waals surface area contributed by atoms with Crippen molar-refractivity contribution in [3.05, 3.63) is 71.9 Å². The zero-order valence-electron chi connectivity index (χ0n) is 16.9. The summed E-state index contributed by atoms with van der Waals surface area (Å²) in [6.07, 6.45) is 2.34. The molecular formula is C24H27N3O2. The van der Waals surface area contributed by atoms with Gasteiger partial charge in [0.05, 0.1) is 0 Å². The lowest BCUT2D eigenvalue weighted by Crippen LogP contribution is -2.50. The average molecular weight is 389 g/mol. The first-order valence-electron chi connectivity index (χ1n) is 10.3. The number of nitrogens with zero attached hydrogens (tertiary/aromatic N) is 3. The minimum absolute atomic E-state index is 0.0416. The third-order valence-electron chi connectivity index (χ3n) is 5.79. The van der Waals surface area contributed by atoms with Crippen LogP contribution in [0.1, 0.15) is 28.9 Å². The molecule has 5 nitrogen and oxygen atoms in total. The lowest BCUT2D eigenvalue weighted by Gasteiger charge is -2.35. The zero-order valence-corrected chi connectivity index (χ0v) is 16.9. The van der Waals surface area contributed by atoms with Gasteiger partial charge < -0.3 is 14.4 Å². The van der Waals surface area contributed by atoms with Gasteiger partial charge in [-0.1, -0.05) is 48.5 Å². The van der Waals surface area contributed by atoms with Crippen LogP contribution in [0.15, 0.2) is 60.7 Å². The Morgan fingerprint density at radius 1 is 0.862 bits per heavy atom. The highest BCUT2D eigenvalue weighted by molar-refractivity contribution is 5.98. The number of carbonyl (C=O) groups excluding carboxylic acids is 2. The number of hydrogen-bond acceptors (Lipinski definition) is 2. The van der Waals surface area contributed by atoms with Crippen LogP contribution >= 0.6 is 0 Å². The smallest absolute Gasteiger partial charge is 0.270 e. The molecular weight excluding hydrogens is 362 g/mol. The van der Waals surface area contributed by atoms with E-state index in [1.807, 2.05) is 69.9 Å². The zero-order chi connectivity index (χ0) is 20.2. The lowest BCUT2D eigenvalue weighted by atomic mass is 10.1. The van der Waals surface area contributed by atoms with E-state index in [0.29, 0.717) is 38.3 Å². The number of aryl methyl sites for hydroxylation is 2. The van der Waals surface area contributed by atoms with Gasteiger partial charge in [-0.2, -0.15) is 0 Å². The summed E-state index contributed by atoms with van der Waals surface area (Å²) >= 11 is 0. The molecule has 0 saturated carbocycles. The molecule has 1 aromatic heterocycles. The second-order valence-electron chi connectivity index (χ2n) is 7.66. The molecule has 0 N–H and O–H groups in total. The van der Waals surface area contributed by atoms with Crippen LogP contribution in [0.3, 0.4) is 0 Å². The third-order valence-corrected chi connectivity index (χ3v) is 5.79. The maximum atomic E-state index is 13.0. The van der Waals surface area contributed by atoms with E-state index in [1.165, 1.54) is 5.56 Å². The van der Waals surface area contributed by atoms with Gasteiger partial charge in [0.15, 0.2) is 0 Å². The van der Waals surface area contributed by atoms with E-state index in [1.54, 1.807) is 0 Å². The standard InChI is InChI=1S/C24H27N3O2/c1-25-21-12-6-5-11-20(21)18-22(25)24(29)27-16-14-26(15-17-27)23(28)13-7-10-19-8-3-2-4-9-19/h2-6,8-9,11-12,18H,7,10,13-17H2,1H3. The first-order chi connectivity index (χ1) is 14.1. The summed E-state index contributed by atoms with van der Waals surface area (Å²) < 4.78 is 1.96. The van der Waals surface area contributed by atoms with E-state index in [0.717, 1.165) is 23.7 Å². The summed E-state index contributed by atoms with van der Waals surface area (Å²) in [6.45, 7) is 2.40. The summed E-state index contributed by atoms with van der Waals surface area (Å²) in [4.78, 5) is 29.3. The molecule has 1 saturated heterocycles. The second-order valence-corrected chi connectivity index (χ2v) is 7.66. The van der Waals surface area contributed by atoms with Crippen LogP contribution in [-0.2, 0) is 18.3 Å². The molecule has 2 amide bonds. The maximum Gasteiger partial charge on any atom is 0.270 e. The Morgan fingerprint density at radius 2 is 1.52 bits per heavy atom. The SMILES string of the molecule is Cn1c(C(=O)N2CCN(C(=O)CCCc3ccccc3)CC2)cc2ccccc21. The number of aromatic nitrogens is 1. The second kappa shape index (κ2) is 8.52. The molecule has 1 aliphatic heterocycles. The van der Waals surface area contributed by atoms with Crippen molar-refractivity contribution in [3.8, 4) is 0 Å². The number of fused-ring (bicyclic) bond motifs is 1. The fourth-order valence-electron chi connectivity index (χ4n) is 4.06. The molecule has 2 heterocycles. The monoisotopic (exact) mass is 389 g/mol. The van der Waals surface area contributed by atoms with Gasteiger partial charge in [0, 0.05) is 50.6 Å². The Morgan fingerprint density at radius 3 is 2.24 bits per heavy atom. The number of para-hydroxylation sites is 1. The molecule has 150 valence electrons. The summed E-state index contributed by atoms with van der Waals surface area (Å²) in [7, 11) is 1.93. The predicted molar refractivity (Wildman–Crippen MR) is 115 cm³/mol. The fraction of sp³-hybridized carbons (Fsp3) is 0.333. The normalized spacial score (nSPS) is 14.4. The van der Waals surface area contributed by atoms with Crippen molar-refractivity contribution in [2.75, 3.05) is 26.2 Å². The Kier molecular flexibility index (Phi) is 5.65. The van der Waals surface area contributed by atoms with E-state index < -0.39 is 0 Å². The van der Waals surface area contributed by atoms with E-state index in [9.17, 15) is 9.59 Å². The van der Waals surface area contributed by atoms with Crippen LogP contribution in [0.4, 0.5) is 0 Å². The summed E-state index contributed by atoms with van der Waals surface area (Å²) in [5, 5.41) is 1.07. The Bertz CT molecular complexity index is 1000. The molecule has 1 aliphatic rings. The van der Waals surface area contributed by atoms with E-state index in [2.05, 4.69) is 12.1 Å². The van der Waals surface area contributed by atoms with Crippen LogP contribution in [0.2, 0.25) is 0 Å². The molecule has 0 aliphatic carbocycles. The quantitative estimate of drug-likeness (QED) is 0.671.